The number of aromatic amines is 1. The molecular formula is C15H22N6O3. The van der Waals surface area contributed by atoms with Gasteiger partial charge in [0, 0.05) is 26.2 Å². The lowest BCUT2D eigenvalue weighted by atomic mass is 10.2. The highest BCUT2D eigenvalue weighted by molar-refractivity contribution is 5.68. The summed E-state index contributed by atoms with van der Waals surface area (Å²) in [5.74, 6) is 0.355. The fourth-order valence-electron chi connectivity index (χ4n) is 2.75. The molecule has 0 aliphatic carbocycles. The normalized spacial score (nSPS) is 15.8. The van der Waals surface area contributed by atoms with Gasteiger partial charge < -0.3 is 14.5 Å². The third-order valence-electron chi connectivity index (χ3n) is 3.83. The molecule has 0 bridgehead atoms. The van der Waals surface area contributed by atoms with E-state index in [4.69, 9.17) is 4.74 Å². The second kappa shape index (κ2) is 5.81. The Labute approximate surface area is 139 Å². The van der Waals surface area contributed by atoms with Crippen LogP contribution in [0, 0.1) is 6.92 Å². The first-order valence-electron chi connectivity index (χ1n) is 7.92. The van der Waals surface area contributed by atoms with Crippen molar-refractivity contribution in [3.05, 3.63) is 22.4 Å². The highest BCUT2D eigenvalue weighted by Crippen LogP contribution is 2.17. The Hall–Kier alpha value is -2.58. The van der Waals surface area contributed by atoms with Gasteiger partial charge in [0.2, 0.25) is 0 Å². The third-order valence-corrected chi connectivity index (χ3v) is 3.83. The Morgan fingerprint density at radius 3 is 2.54 bits per heavy atom. The standard InChI is InChI=1S/C15H22N6O3/c1-10-11(12(22)21-13(18-10)16-9-17-21)19-5-7-20(8-6-19)14(23)24-15(2,3)4/h9H,5-8H2,1-4H3,(H,16,17,18). The Kier molecular flexibility index (Phi) is 3.94. The van der Waals surface area contributed by atoms with Crippen molar-refractivity contribution in [1.82, 2.24) is 24.5 Å². The summed E-state index contributed by atoms with van der Waals surface area (Å²) >= 11 is 0. The molecule has 1 aliphatic heterocycles. The minimum absolute atomic E-state index is 0.180. The smallest absolute Gasteiger partial charge is 0.410 e. The molecule has 9 nitrogen and oxygen atoms in total. The molecule has 3 heterocycles. The van der Waals surface area contributed by atoms with Crippen LogP contribution in [0.1, 0.15) is 26.5 Å². The molecule has 0 aromatic carbocycles. The molecule has 0 radical (unpaired) electrons. The lowest BCUT2D eigenvalue weighted by Crippen LogP contribution is -2.51. The van der Waals surface area contributed by atoms with Crippen LogP contribution in [0.15, 0.2) is 11.1 Å². The summed E-state index contributed by atoms with van der Waals surface area (Å²) in [5.41, 5.74) is 0.485. The fourth-order valence-corrected chi connectivity index (χ4v) is 2.75. The number of fused-ring (bicyclic) bond motifs is 1. The highest BCUT2D eigenvalue weighted by atomic mass is 16.6. The van der Waals surface area contributed by atoms with Crippen LogP contribution in [-0.2, 0) is 4.74 Å². The van der Waals surface area contributed by atoms with Crippen LogP contribution in [0.2, 0.25) is 0 Å². The molecule has 1 fully saturated rings. The summed E-state index contributed by atoms with van der Waals surface area (Å²) in [4.78, 5) is 36.7. The number of rotatable bonds is 1. The number of anilines is 1. The number of H-pyrrole nitrogens is 1. The van der Waals surface area contributed by atoms with E-state index >= 15 is 0 Å². The summed E-state index contributed by atoms with van der Waals surface area (Å²) in [7, 11) is 0. The van der Waals surface area contributed by atoms with Gasteiger partial charge >= 0.3 is 6.09 Å². The largest absolute Gasteiger partial charge is 0.444 e. The van der Waals surface area contributed by atoms with Crippen LogP contribution in [0.3, 0.4) is 0 Å². The number of hydrogen-bond acceptors (Lipinski definition) is 6. The fraction of sp³-hybridized carbons (Fsp3) is 0.600. The van der Waals surface area contributed by atoms with Crippen molar-refractivity contribution in [1.29, 1.82) is 0 Å². The van der Waals surface area contributed by atoms with Crippen LogP contribution >= 0.6 is 0 Å². The first-order chi connectivity index (χ1) is 11.3. The Morgan fingerprint density at radius 1 is 1.25 bits per heavy atom. The minimum Gasteiger partial charge on any atom is -0.444 e. The van der Waals surface area contributed by atoms with E-state index in [0.717, 1.165) is 0 Å². The molecule has 130 valence electrons. The predicted octanol–water partition coefficient (Wildman–Crippen LogP) is 0.783. The molecule has 2 aromatic rings. The molecule has 0 saturated carbocycles. The van der Waals surface area contributed by atoms with Gasteiger partial charge in [0.15, 0.2) is 0 Å². The first-order valence-corrected chi connectivity index (χ1v) is 7.92. The molecule has 2 aromatic heterocycles. The lowest BCUT2D eigenvalue weighted by molar-refractivity contribution is 0.0240. The van der Waals surface area contributed by atoms with Crippen molar-refractivity contribution >= 4 is 17.6 Å². The van der Waals surface area contributed by atoms with Crippen molar-refractivity contribution in [2.24, 2.45) is 0 Å². The predicted molar refractivity (Wildman–Crippen MR) is 88.4 cm³/mol. The molecule has 1 aliphatic rings. The highest BCUT2D eigenvalue weighted by Gasteiger charge is 2.28. The second-order valence-corrected chi connectivity index (χ2v) is 6.83. The van der Waals surface area contributed by atoms with Crippen LogP contribution in [0.25, 0.3) is 5.78 Å². The van der Waals surface area contributed by atoms with E-state index in [1.54, 1.807) is 11.8 Å². The number of carbonyl (C=O) groups excluding carboxylic acids is 1. The number of amides is 1. The number of carbonyl (C=O) groups is 1. The molecule has 0 unspecified atom stereocenters. The zero-order chi connectivity index (χ0) is 17.5. The Bertz CT molecular complexity index is 811. The number of nitrogens with one attached hydrogen (secondary N) is 1. The van der Waals surface area contributed by atoms with Crippen LogP contribution in [-0.4, -0.2) is 62.4 Å². The number of aryl methyl sites for hydroxylation is 1. The van der Waals surface area contributed by atoms with E-state index in [0.29, 0.717) is 43.3 Å². The van der Waals surface area contributed by atoms with Crippen molar-refractivity contribution in [2.45, 2.75) is 33.3 Å². The maximum absolute atomic E-state index is 12.6. The van der Waals surface area contributed by atoms with E-state index in [1.807, 2.05) is 25.7 Å². The number of aromatic nitrogens is 4. The van der Waals surface area contributed by atoms with Gasteiger partial charge in [-0.15, -0.1) is 0 Å². The Balaban J connectivity index is 1.76. The second-order valence-electron chi connectivity index (χ2n) is 6.83. The van der Waals surface area contributed by atoms with E-state index in [-0.39, 0.29) is 11.7 Å². The number of hydrogen-bond donors (Lipinski definition) is 1. The van der Waals surface area contributed by atoms with E-state index in [9.17, 15) is 9.59 Å². The van der Waals surface area contributed by atoms with E-state index < -0.39 is 5.60 Å². The molecule has 9 heteroatoms. The van der Waals surface area contributed by atoms with Gasteiger partial charge in [-0.2, -0.15) is 4.52 Å². The molecule has 1 N–H and O–H groups in total. The lowest BCUT2D eigenvalue weighted by Gasteiger charge is -2.36. The van der Waals surface area contributed by atoms with Crippen LogP contribution < -0.4 is 10.5 Å². The number of nitrogens with zero attached hydrogens (tertiary/aromatic N) is 5. The van der Waals surface area contributed by atoms with Gasteiger partial charge in [-0.3, -0.25) is 9.89 Å². The average Bonchev–Trinajstić information content (AvgIpc) is 2.94. The van der Waals surface area contributed by atoms with Crippen molar-refractivity contribution in [3.8, 4) is 0 Å². The molecule has 1 amide bonds. The van der Waals surface area contributed by atoms with Gasteiger partial charge in [0.05, 0.1) is 5.69 Å². The van der Waals surface area contributed by atoms with E-state index in [1.165, 1.54) is 10.8 Å². The summed E-state index contributed by atoms with van der Waals surface area (Å²) in [6, 6.07) is 0. The van der Waals surface area contributed by atoms with Crippen LogP contribution in [0.5, 0.6) is 0 Å². The monoisotopic (exact) mass is 334 g/mol. The number of piperazine rings is 1. The van der Waals surface area contributed by atoms with Crippen molar-refractivity contribution in [3.63, 3.8) is 0 Å². The van der Waals surface area contributed by atoms with Crippen molar-refractivity contribution in [2.75, 3.05) is 31.1 Å². The quantitative estimate of drug-likeness (QED) is 0.828. The van der Waals surface area contributed by atoms with Crippen LogP contribution in [0.4, 0.5) is 10.5 Å². The van der Waals surface area contributed by atoms with Gasteiger partial charge in [0.1, 0.15) is 17.6 Å². The summed E-state index contributed by atoms with van der Waals surface area (Å²) < 4.78 is 6.71. The molecule has 24 heavy (non-hydrogen) atoms. The Morgan fingerprint density at radius 2 is 1.92 bits per heavy atom. The SMILES string of the molecule is Cc1nc2nc[nH]n2c(=O)c1N1CCN(C(=O)OC(C)(C)C)CC1. The minimum atomic E-state index is -0.515. The summed E-state index contributed by atoms with van der Waals surface area (Å²) in [5, 5.41) is 2.77. The van der Waals surface area contributed by atoms with Gasteiger partial charge in [-0.05, 0) is 27.7 Å². The molecule has 0 spiro atoms. The zero-order valence-electron chi connectivity index (χ0n) is 14.4. The molecular weight excluding hydrogens is 312 g/mol. The molecule has 3 rings (SSSR count). The van der Waals surface area contributed by atoms with E-state index in [2.05, 4.69) is 15.1 Å². The molecule has 1 saturated heterocycles. The van der Waals surface area contributed by atoms with Gasteiger partial charge in [-0.25, -0.2) is 14.8 Å². The average molecular weight is 334 g/mol. The third kappa shape index (κ3) is 3.06. The maximum Gasteiger partial charge on any atom is 0.410 e. The van der Waals surface area contributed by atoms with Gasteiger partial charge in [0.25, 0.3) is 11.3 Å². The van der Waals surface area contributed by atoms with Gasteiger partial charge in [-0.1, -0.05) is 0 Å². The summed E-state index contributed by atoms with van der Waals surface area (Å²) in [6.07, 6.45) is 1.12. The number of ether oxygens (including phenoxy) is 1. The zero-order valence-corrected chi connectivity index (χ0v) is 14.4. The molecule has 0 atom stereocenters. The topological polar surface area (TPSA) is 95.8 Å². The first kappa shape index (κ1) is 16.3. The summed E-state index contributed by atoms with van der Waals surface area (Å²) in [6.45, 7) is 9.43. The maximum atomic E-state index is 12.6. The van der Waals surface area contributed by atoms with Crippen molar-refractivity contribution < 1.29 is 9.53 Å².